The summed E-state index contributed by atoms with van der Waals surface area (Å²) in [4.78, 5) is 3.72. The van der Waals surface area contributed by atoms with Crippen molar-refractivity contribution in [3.8, 4) is 0 Å². The van der Waals surface area contributed by atoms with Crippen molar-refractivity contribution in [3.05, 3.63) is 82.0 Å². The lowest BCUT2D eigenvalue weighted by Gasteiger charge is -2.35. The molecule has 2 heterocycles. The van der Waals surface area contributed by atoms with Crippen molar-refractivity contribution in [1.29, 1.82) is 0 Å². The summed E-state index contributed by atoms with van der Waals surface area (Å²) in [5, 5.41) is 2.17. The van der Waals surface area contributed by atoms with Gasteiger partial charge in [0, 0.05) is 29.2 Å². The molecule has 0 amide bonds. The average Bonchev–Trinajstić information content (AvgIpc) is 3.02. The highest BCUT2D eigenvalue weighted by molar-refractivity contribution is 7.10. The first-order valence-corrected chi connectivity index (χ1v) is 7.69. The highest BCUT2D eigenvalue weighted by atomic mass is 32.1. The highest BCUT2D eigenvalue weighted by Gasteiger charge is 2.29. The second-order valence-electron chi connectivity index (χ2n) is 5.13. The Balaban J connectivity index is 2.02. The van der Waals surface area contributed by atoms with Crippen LogP contribution in [0.2, 0.25) is 0 Å². The molecular formula is C18H15NS. The fourth-order valence-corrected chi connectivity index (χ4v) is 3.99. The van der Waals surface area contributed by atoms with Crippen molar-refractivity contribution in [2.45, 2.75) is 5.92 Å². The van der Waals surface area contributed by atoms with Gasteiger partial charge >= 0.3 is 0 Å². The quantitative estimate of drug-likeness (QED) is 0.604. The zero-order valence-electron chi connectivity index (χ0n) is 11.3. The van der Waals surface area contributed by atoms with Gasteiger partial charge in [-0.25, -0.2) is 0 Å². The first-order chi connectivity index (χ1) is 9.86. The van der Waals surface area contributed by atoms with Crippen LogP contribution in [0.25, 0.3) is 0 Å². The minimum Gasteiger partial charge on any atom is -0.344 e. The molecule has 2 aromatic carbocycles. The molecule has 1 aliphatic rings. The Kier molecular flexibility index (Phi) is 2.64. The standard InChI is InChI=1S/C18H15NS/c1-19-15-9-4-2-7-13(15)18(17-11-6-12-20-17)14-8-3-5-10-16(14)19/h2-12,18H,1H3. The van der Waals surface area contributed by atoms with E-state index >= 15 is 0 Å². The topological polar surface area (TPSA) is 3.24 Å². The number of thiophene rings is 1. The SMILES string of the molecule is CN1c2ccccc2C(c2cccs2)c2ccccc21. The van der Waals surface area contributed by atoms with Crippen molar-refractivity contribution >= 4 is 22.7 Å². The number of para-hydroxylation sites is 2. The monoisotopic (exact) mass is 277 g/mol. The third-order valence-electron chi connectivity index (χ3n) is 4.05. The van der Waals surface area contributed by atoms with Gasteiger partial charge in [0.1, 0.15) is 0 Å². The third kappa shape index (κ3) is 1.61. The minimum absolute atomic E-state index is 0.360. The maximum Gasteiger partial charge on any atom is 0.0475 e. The molecular weight excluding hydrogens is 262 g/mol. The lowest BCUT2D eigenvalue weighted by molar-refractivity contribution is 0.945. The summed E-state index contributed by atoms with van der Waals surface area (Å²) in [6.45, 7) is 0. The molecule has 0 aliphatic carbocycles. The van der Waals surface area contributed by atoms with Crippen molar-refractivity contribution < 1.29 is 0 Å². The fraction of sp³-hybridized carbons (Fsp3) is 0.111. The molecule has 3 aromatic rings. The van der Waals surface area contributed by atoms with Crippen LogP contribution < -0.4 is 4.90 Å². The van der Waals surface area contributed by atoms with E-state index in [1.807, 2.05) is 11.3 Å². The van der Waals surface area contributed by atoms with Crippen molar-refractivity contribution in [2.75, 3.05) is 11.9 Å². The van der Waals surface area contributed by atoms with E-state index in [1.165, 1.54) is 27.4 Å². The van der Waals surface area contributed by atoms with Crippen LogP contribution in [0.4, 0.5) is 11.4 Å². The molecule has 0 bridgehead atoms. The van der Waals surface area contributed by atoms with Gasteiger partial charge in [-0.2, -0.15) is 0 Å². The van der Waals surface area contributed by atoms with Gasteiger partial charge in [0.2, 0.25) is 0 Å². The lowest BCUT2D eigenvalue weighted by atomic mass is 9.84. The molecule has 1 aromatic heterocycles. The average molecular weight is 277 g/mol. The smallest absolute Gasteiger partial charge is 0.0475 e. The summed E-state index contributed by atoms with van der Waals surface area (Å²) in [7, 11) is 2.16. The number of rotatable bonds is 1. The van der Waals surface area contributed by atoms with Crippen molar-refractivity contribution in [1.82, 2.24) is 0 Å². The molecule has 0 radical (unpaired) electrons. The van der Waals surface area contributed by atoms with Crippen LogP contribution in [-0.2, 0) is 0 Å². The molecule has 0 atom stereocenters. The Labute approximate surface area is 123 Å². The molecule has 0 unspecified atom stereocenters. The largest absolute Gasteiger partial charge is 0.344 e. The zero-order valence-corrected chi connectivity index (χ0v) is 12.1. The van der Waals surface area contributed by atoms with Crippen LogP contribution in [-0.4, -0.2) is 7.05 Å². The summed E-state index contributed by atoms with van der Waals surface area (Å²) in [5.41, 5.74) is 5.42. The van der Waals surface area contributed by atoms with E-state index in [0.29, 0.717) is 5.92 Å². The van der Waals surface area contributed by atoms with Crippen LogP contribution in [0, 0.1) is 0 Å². The summed E-state index contributed by atoms with van der Waals surface area (Å²) in [6.07, 6.45) is 0. The Morgan fingerprint density at radius 1 is 0.800 bits per heavy atom. The summed E-state index contributed by atoms with van der Waals surface area (Å²) >= 11 is 1.84. The van der Waals surface area contributed by atoms with Crippen LogP contribution >= 0.6 is 11.3 Å². The van der Waals surface area contributed by atoms with Gasteiger partial charge in [-0.05, 0) is 34.7 Å². The Morgan fingerprint density at radius 2 is 1.40 bits per heavy atom. The maximum absolute atomic E-state index is 2.30. The number of benzene rings is 2. The Hall–Kier alpha value is -2.06. The summed E-state index contributed by atoms with van der Waals surface area (Å²) < 4.78 is 0. The molecule has 0 fully saturated rings. The number of hydrogen-bond acceptors (Lipinski definition) is 2. The molecule has 1 aliphatic heterocycles. The molecule has 0 spiro atoms. The molecule has 20 heavy (non-hydrogen) atoms. The number of nitrogens with zero attached hydrogens (tertiary/aromatic N) is 1. The Bertz CT molecular complexity index is 698. The van der Waals surface area contributed by atoms with Crippen molar-refractivity contribution in [2.24, 2.45) is 0 Å². The van der Waals surface area contributed by atoms with E-state index in [2.05, 4.69) is 78.0 Å². The van der Waals surface area contributed by atoms with E-state index in [4.69, 9.17) is 0 Å². The van der Waals surface area contributed by atoms with E-state index in [-0.39, 0.29) is 0 Å². The van der Waals surface area contributed by atoms with Crippen LogP contribution in [0.1, 0.15) is 21.9 Å². The summed E-state index contributed by atoms with van der Waals surface area (Å²) in [6, 6.07) is 21.8. The van der Waals surface area contributed by atoms with Gasteiger partial charge in [-0.15, -0.1) is 11.3 Å². The second kappa shape index (κ2) is 4.50. The van der Waals surface area contributed by atoms with Gasteiger partial charge in [0.15, 0.2) is 0 Å². The lowest BCUT2D eigenvalue weighted by Crippen LogP contribution is -2.21. The predicted molar refractivity (Wildman–Crippen MR) is 86.2 cm³/mol. The van der Waals surface area contributed by atoms with E-state index in [9.17, 15) is 0 Å². The zero-order chi connectivity index (χ0) is 13.5. The maximum atomic E-state index is 2.30. The van der Waals surface area contributed by atoms with Crippen LogP contribution in [0.3, 0.4) is 0 Å². The molecule has 98 valence electrons. The molecule has 0 saturated carbocycles. The second-order valence-corrected chi connectivity index (χ2v) is 6.10. The van der Waals surface area contributed by atoms with E-state index < -0.39 is 0 Å². The molecule has 0 N–H and O–H groups in total. The number of anilines is 2. The predicted octanol–water partition coefficient (Wildman–Crippen LogP) is 5.01. The molecule has 4 rings (SSSR count). The Morgan fingerprint density at radius 3 is 1.95 bits per heavy atom. The first kappa shape index (κ1) is 11.7. The van der Waals surface area contributed by atoms with Gasteiger partial charge in [-0.3, -0.25) is 0 Å². The van der Waals surface area contributed by atoms with Crippen LogP contribution in [0.15, 0.2) is 66.0 Å². The van der Waals surface area contributed by atoms with Gasteiger partial charge in [-0.1, -0.05) is 42.5 Å². The molecule has 1 nitrogen and oxygen atoms in total. The minimum atomic E-state index is 0.360. The fourth-order valence-electron chi connectivity index (χ4n) is 3.13. The van der Waals surface area contributed by atoms with E-state index in [1.54, 1.807) is 0 Å². The third-order valence-corrected chi connectivity index (χ3v) is 4.98. The van der Waals surface area contributed by atoms with Gasteiger partial charge in [0.25, 0.3) is 0 Å². The molecule has 0 saturated heterocycles. The van der Waals surface area contributed by atoms with Gasteiger partial charge < -0.3 is 4.90 Å². The van der Waals surface area contributed by atoms with Gasteiger partial charge in [0.05, 0.1) is 0 Å². The normalized spacial score (nSPS) is 13.9. The van der Waals surface area contributed by atoms with Crippen molar-refractivity contribution in [3.63, 3.8) is 0 Å². The van der Waals surface area contributed by atoms with E-state index in [0.717, 1.165) is 0 Å². The summed E-state index contributed by atoms with van der Waals surface area (Å²) in [5.74, 6) is 0.360. The highest BCUT2D eigenvalue weighted by Crippen LogP contribution is 2.48. The first-order valence-electron chi connectivity index (χ1n) is 6.81. The van der Waals surface area contributed by atoms with Crippen LogP contribution in [0.5, 0.6) is 0 Å². The number of hydrogen-bond donors (Lipinski definition) is 0. The number of fused-ring (bicyclic) bond motifs is 2. The molecule has 2 heteroatoms.